The Kier molecular flexibility index (Phi) is 4.10. The van der Waals surface area contributed by atoms with Gasteiger partial charge >= 0.3 is 0 Å². The molecule has 5 rings (SSSR count). The van der Waals surface area contributed by atoms with E-state index in [0.717, 1.165) is 44.6 Å². The molecule has 3 heterocycles. The summed E-state index contributed by atoms with van der Waals surface area (Å²) in [6.07, 6.45) is 0. The molecule has 30 heavy (non-hydrogen) atoms. The average molecular weight is 396 g/mol. The van der Waals surface area contributed by atoms with Gasteiger partial charge in [-0.25, -0.2) is 4.52 Å². The highest BCUT2D eigenvalue weighted by molar-refractivity contribution is 6.07. The second-order valence-electron chi connectivity index (χ2n) is 7.41. The molecule has 3 aromatic heterocycles. The van der Waals surface area contributed by atoms with Crippen molar-refractivity contribution in [3.63, 3.8) is 0 Å². The number of H-pyrrole nitrogens is 1. The molecule has 2 N–H and O–H groups in total. The number of hydrogen-bond acceptors (Lipinski definition) is 4. The molecule has 0 saturated carbocycles. The van der Waals surface area contributed by atoms with Gasteiger partial charge in [0.25, 0.3) is 5.91 Å². The zero-order valence-electron chi connectivity index (χ0n) is 16.9. The number of hydrogen-bond donors (Lipinski definition) is 2. The fourth-order valence-electron chi connectivity index (χ4n) is 3.89. The lowest BCUT2D eigenvalue weighted by Crippen LogP contribution is -2.17. The molecular weight excluding hydrogens is 376 g/mol. The van der Waals surface area contributed by atoms with E-state index in [1.54, 1.807) is 4.52 Å². The molecule has 0 aliphatic carbocycles. The van der Waals surface area contributed by atoms with Crippen molar-refractivity contribution in [3.8, 4) is 11.3 Å². The fourth-order valence-corrected chi connectivity index (χ4v) is 3.89. The van der Waals surface area contributed by atoms with Crippen molar-refractivity contribution >= 4 is 28.0 Å². The van der Waals surface area contributed by atoms with E-state index >= 15 is 0 Å². The van der Waals surface area contributed by atoms with E-state index in [9.17, 15) is 4.79 Å². The summed E-state index contributed by atoms with van der Waals surface area (Å²) in [7, 11) is 0. The van der Waals surface area contributed by atoms with E-state index in [2.05, 4.69) is 25.8 Å². The largest absolute Gasteiger partial charge is 0.322 e. The molecule has 2 aromatic carbocycles. The molecule has 7 nitrogen and oxygen atoms in total. The number of amides is 1. The van der Waals surface area contributed by atoms with Gasteiger partial charge in [0.2, 0.25) is 0 Å². The van der Waals surface area contributed by atoms with Gasteiger partial charge in [-0.3, -0.25) is 9.89 Å². The average Bonchev–Trinajstić information content (AvgIpc) is 3.32. The summed E-state index contributed by atoms with van der Waals surface area (Å²) in [6.45, 7) is 5.72. The Bertz CT molecular complexity index is 1410. The van der Waals surface area contributed by atoms with Crippen molar-refractivity contribution in [3.05, 3.63) is 77.1 Å². The molecule has 0 unspecified atom stereocenters. The van der Waals surface area contributed by atoms with Crippen LogP contribution in [0.1, 0.15) is 27.3 Å². The highest BCUT2D eigenvalue weighted by Crippen LogP contribution is 2.29. The van der Waals surface area contributed by atoms with Crippen LogP contribution in [-0.2, 0) is 0 Å². The number of pyridine rings is 1. The van der Waals surface area contributed by atoms with Crippen molar-refractivity contribution in [2.45, 2.75) is 20.8 Å². The Hall–Kier alpha value is -4.00. The summed E-state index contributed by atoms with van der Waals surface area (Å²) in [4.78, 5) is 13.1. The number of aryl methyl sites for hydroxylation is 3. The van der Waals surface area contributed by atoms with E-state index in [1.165, 1.54) is 0 Å². The Balaban J connectivity index is 1.53. The Morgan fingerprint density at radius 2 is 1.83 bits per heavy atom. The molecule has 5 aromatic rings. The first-order valence-corrected chi connectivity index (χ1v) is 9.70. The van der Waals surface area contributed by atoms with Crippen LogP contribution >= 0.6 is 0 Å². The summed E-state index contributed by atoms with van der Waals surface area (Å²) in [5.41, 5.74) is 7.50. The number of nitrogens with one attached hydrogen (secondary N) is 2. The molecule has 0 radical (unpaired) electrons. The van der Waals surface area contributed by atoms with E-state index in [1.807, 2.05) is 75.4 Å². The Morgan fingerprint density at radius 1 is 1.03 bits per heavy atom. The maximum Gasteiger partial charge on any atom is 0.257 e. The van der Waals surface area contributed by atoms with Gasteiger partial charge < -0.3 is 5.32 Å². The van der Waals surface area contributed by atoms with Crippen LogP contribution in [0.25, 0.3) is 27.7 Å². The molecule has 0 fully saturated rings. The van der Waals surface area contributed by atoms with Gasteiger partial charge in [-0.15, -0.1) is 5.10 Å². The standard InChI is InChI=1S/C23H20N6O/c1-13-11-20-14(2)25-28-29(20)15(3)21(13)23(30)24-17-9-10-19-18(12-17)22(27-26-19)16-7-5-4-6-8-16/h4-12H,1-3H3,(H,24,30)(H,26,27). The second-order valence-corrected chi connectivity index (χ2v) is 7.41. The van der Waals surface area contributed by atoms with Crippen molar-refractivity contribution in [2.75, 3.05) is 5.32 Å². The van der Waals surface area contributed by atoms with Gasteiger partial charge in [-0.05, 0) is 50.6 Å². The first kappa shape index (κ1) is 18.1. The van der Waals surface area contributed by atoms with E-state index < -0.39 is 0 Å². The first-order valence-electron chi connectivity index (χ1n) is 9.70. The number of carbonyl (C=O) groups excluding carboxylic acids is 1. The molecule has 0 saturated heterocycles. The maximum atomic E-state index is 13.1. The van der Waals surface area contributed by atoms with Crippen LogP contribution in [0, 0.1) is 20.8 Å². The second kappa shape index (κ2) is 6.81. The number of aromatic nitrogens is 5. The van der Waals surface area contributed by atoms with Gasteiger partial charge in [-0.1, -0.05) is 35.5 Å². The predicted octanol–water partition coefficient (Wildman–Crippen LogP) is 4.45. The highest BCUT2D eigenvalue weighted by Gasteiger charge is 2.18. The minimum atomic E-state index is -0.177. The molecular formula is C23H20N6O. The predicted molar refractivity (Wildman–Crippen MR) is 117 cm³/mol. The smallest absolute Gasteiger partial charge is 0.257 e. The lowest BCUT2D eigenvalue weighted by molar-refractivity contribution is 0.102. The Morgan fingerprint density at radius 3 is 2.63 bits per heavy atom. The summed E-state index contributed by atoms with van der Waals surface area (Å²) in [5.74, 6) is -0.177. The van der Waals surface area contributed by atoms with Crippen molar-refractivity contribution in [1.82, 2.24) is 25.0 Å². The van der Waals surface area contributed by atoms with Crippen molar-refractivity contribution in [1.29, 1.82) is 0 Å². The number of benzene rings is 2. The molecule has 0 atom stereocenters. The molecule has 0 aliphatic rings. The van der Waals surface area contributed by atoms with Gasteiger partial charge in [0, 0.05) is 16.6 Å². The number of nitrogens with zero attached hydrogens (tertiary/aromatic N) is 4. The van der Waals surface area contributed by atoms with E-state index in [0.29, 0.717) is 11.3 Å². The summed E-state index contributed by atoms with van der Waals surface area (Å²) < 4.78 is 1.71. The number of carbonyl (C=O) groups is 1. The van der Waals surface area contributed by atoms with Crippen molar-refractivity contribution in [2.24, 2.45) is 0 Å². The molecule has 0 aliphatic heterocycles. The van der Waals surface area contributed by atoms with Gasteiger partial charge in [0.1, 0.15) is 0 Å². The minimum absolute atomic E-state index is 0.177. The van der Waals surface area contributed by atoms with Gasteiger partial charge in [-0.2, -0.15) is 5.10 Å². The molecule has 0 spiro atoms. The van der Waals surface area contributed by atoms with E-state index in [4.69, 9.17) is 0 Å². The molecule has 1 amide bonds. The highest BCUT2D eigenvalue weighted by atomic mass is 16.1. The zero-order chi connectivity index (χ0) is 20.8. The summed E-state index contributed by atoms with van der Waals surface area (Å²) in [5, 5.41) is 19.8. The SMILES string of the molecule is Cc1cc2c(C)nnn2c(C)c1C(=O)Nc1ccc2[nH]nc(-c3ccccc3)c2c1. The number of rotatable bonds is 3. The molecule has 7 heteroatoms. The third-order valence-electron chi connectivity index (χ3n) is 5.41. The quantitative estimate of drug-likeness (QED) is 0.472. The topological polar surface area (TPSA) is 88.0 Å². The lowest BCUT2D eigenvalue weighted by atomic mass is 10.1. The van der Waals surface area contributed by atoms with Crippen LogP contribution < -0.4 is 5.32 Å². The first-order chi connectivity index (χ1) is 14.5. The van der Waals surface area contributed by atoms with Crippen LogP contribution in [0.15, 0.2) is 54.6 Å². The fraction of sp³-hybridized carbons (Fsp3) is 0.130. The number of anilines is 1. The van der Waals surface area contributed by atoms with Crippen LogP contribution in [-0.4, -0.2) is 30.9 Å². The van der Waals surface area contributed by atoms with Crippen molar-refractivity contribution < 1.29 is 4.79 Å². The van der Waals surface area contributed by atoms with Gasteiger partial charge in [0.15, 0.2) is 0 Å². The minimum Gasteiger partial charge on any atom is -0.322 e. The van der Waals surface area contributed by atoms with Crippen LogP contribution in [0.2, 0.25) is 0 Å². The third kappa shape index (κ3) is 2.83. The third-order valence-corrected chi connectivity index (χ3v) is 5.41. The van der Waals surface area contributed by atoms with E-state index in [-0.39, 0.29) is 5.91 Å². The van der Waals surface area contributed by atoms with Gasteiger partial charge in [0.05, 0.1) is 33.7 Å². The van der Waals surface area contributed by atoms with Crippen LogP contribution in [0.3, 0.4) is 0 Å². The Labute approximate surface area is 172 Å². The molecule has 0 bridgehead atoms. The van der Waals surface area contributed by atoms with Crippen LogP contribution in [0.5, 0.6) is 0 Å². The summed E-state index contributed by atoms with van der Waals surface area (Å²) >= 11 is 0. The number of fused-ring (bicyclic) bond motifs is 2. The maximum absolute atomic E-state index is 13.1. The lowest BCUT2D eigenvalue weighted by Gasteiger charge is -2.12. The zero-order valence-corrected chi connectivity index (χ0v) is 16.9. The monoisotopic (exact) mass is 396 g/mol. The van der Waals surface area contributed by atoms with Crippen LogP contribution in [0.4, 0.5) is 5.69 Å². The summed E-state index contributed by atoms with van der Waals surface area (Å²) in [6, 6.07) is 17.7. The normalized spacial score (nSPS) is 11.3. The molecule has 148 valence electrons. The number of aromatic amines is 1.